The van der Waals surface area contributed by atoms with Gasteiger partial charge in [0.15, 0.2) is 0 Å². The molecule has 0 bridgehead atoms. The first-order valence-corrected chi connectivity index (χ1v) is 6.39. The second-order valence-corrected chi connectivity index (χ2v) is 4.65. The first kappa shape index (κ1) is 14.8. The molecule has 6 nitrogen and oxygen atoms in total. The Labute approximate surface area is 107 Å². The van der Waals surface area contributed by atoms with Crippen LogP contribution in [0.4, 0.5) is 4.79 Å². The van der Waals surface area contributed by atoms with E-state index in [4.69, 9.17) is 9.84 Å². The van der Waals surface area contributed by atoms with Crippen LogP contribution in [0.3, 0.4) is 0 Å². The zero-order valence-corrected chi connectivity index (χ0v) is 11.0. The first-order chi connectivity index (χ1) is 8.52. The van der Waals surface area contributed by atoms with Gasteiger partial charge in [-0.15, -0.1) is 0 Å². The Kier molecular flexibility index (Phi) is 5.91. The predicted octanol–water partition coefficient (Wildman–Crippen LogP) is 0.918. The number of urea groups is 1. The number of carbonyl (C=O) groups excluding carboxylic acids is 1. The topological polar surface area (TPSA) is 78.9 Å². The molecule has 2 atom stereocenters. The highest BCUT2D eigenvalue weighted by atomic mass is 16.5. The summed E-state index contributed by atoms with van der Waals surface area (Å²) < 4.78 is 5.32. The van der Waals surface area contributed by atoms with Crippen LogP contribution in [-0.4, -0.2) is 54.4 Å². The van der Waals surface area contributed by atoms with Crippen molar-refractivity contribution in [2.24, 2.45) is 5.92 Å². The minimum atomic E-state index is -0.799. The molecule has 1 saturated heterocycles. The molecule has 2 N–H and O–H groups in total. The van der Waals surface area contributed by atoms with Crippen molar-refractivity contribution in [2.45, 2.75) is 32.8 Å². The summed E-state index contributed by atoms with van der Waals surface area (Å²) in [6, 6.07) is -0.130. The molecule has 0 aromatic rings. The molecule has 1 aliphatic rings. The SMILES string of the molecule is CCOC(C)CNC(=O)N1CCC(CC(=O)O)C1. The Bertz CT molecular complexity index is 296. The van der Waals surface area contributed by atoms with E-state index in [9.17, 15) is 9.59 Å². The Morgan fingerprint density at radius 3 is 2.89 bits per heavy atom. The molecule has 2 unspecified atom stereocenters. The number of rotatable bonds is 6. The van der Waals surface area contributed by atoms with Crippen LogP contribution in [0.15, 0.2) is 0 Å². The highest BCUT2D eigenvalue weighted by molar-refractivity contribution is 5.74. The molecule has 1 heterocycles. The number of amides is 2. The van der Waals surface area contributed by atoms with Crippen molar-refractivity contribution in [3.63, 3.8) is 0 Å². The van der Waals surface area contributed by atoms with E-state index in [2.05, 4.69) is 5.32 Å². The molecular weight excluding hydrogens is 236 g/mol. The van der Waals surface area contributed by atoms with Crippen LogP contribution >= 0.6 is 0 Å². The van der Waals surface area contributed by atoms with E-state index >= 15 is 0 Å². The first-order valence-electron chi connectivity index (χ1n) is 6.39. The monoisotopic (exact) mass is 258 g/mol. The second kappa shape index (κ2) is 7.20. The van der Waals surface area contributed by atoms with E-state index in [1.54, 1.807) is 4.90 Å². The number of ether oxygens (including phenoxy) is 1. The summed E-state index contributed by atoms with van der Waals surface area (Å²) in [6.45, 7) is 6.08. The zero-order valence-electron chi connectivity index (χ0n) is 11.0. The summed E-state index contributed by atoms with van der Waals surface area (Å²) in [5.41, 5.74) is 0. The van der Waals surface area contributed by atoms with E-state index in [1.165, 1.54) is 0 Å². The molecule has 104 valence electrons. The average Bonchev–Trinajstić information content (AvgIpc) is 2.74. The number of carboxylic acids is 1. The van der Waals surface area contributed by atoms with E-state index in [0.29, 0.717) is 26.2 Å². The van der Waals surface area contributed by atoms with Crippen molar-refractivity contribution < 1.29 is 19.4 Å². The van der Waals surface area contributed by atoms with E-state index in [0.717, 1.165) is 6.42 Å². The predicted molar refractivity (Wildman–Crippen MR) is 66.4 cm³/mol. The minimum Gasteiger partial charge on any atom is -0.481 e. The third-order valence-electron chi connectivity index (χ3n) is 3.03. The normalized spacial score (nSPS) is 20.8. The van der Waals surface area contributed by atoms with Gasteiger partial charge in [-0.3, -0.25) is 4.79 Å². The number of carboxylic acid groups (broad SMARTS) is 1. The van der Waals surface area contributed by atoms with Crippen LogP contribution in [0, 0.1) is 5.92 Å². The zero-order chi connectivity index (χ0) is 13.5. The van der Waals surface area contributed by atoms with Crippen LogP contribution in [0.1, 0.15) is 26.7 Å². The van der Waals surface area contributed by atoms with Gasteiger partial charge in [-0.25, -0.2) is 4.79 Å². The quantitative estimate of drug-likeness (QED) is 0.742. The molecule has 0 aliphatic carbocycles. The number of nitrogens with one attached hydrogen (secondary N) is 1. The second-order valence-electron chi connectivity index (χ2n) is 4.65. The van der Waals surface area contributed by atoms with Gasteiger partial charge in [0.2, 0.25) is 0 Å². The van der Waals surface area contributed by atoms with Crippen LogP contribution in [-0.2, 0) is 9.53 Å². The number of likely N-dealkylation sites (tertiary alicyclic amines) is 1. The molecule has 0 saturated carbocycles. The van der Waals surface area contributed by atoms with Gasteiger partial charge in [-0.05, 0) is 26.2 Å². The number of nitrogens with zero attached hydrogens (tertiary/aromatic N) is 1. The minimum absolute atomic E-state index is 0.00336. The number of carbonyl (C=O) groups is 2. The van der Waals surface area contributed by atoms with Gasteiger partial charge in [0, 0.05) is 32.7 Å². The van der Waals surface area contributed by atoms with Gasteiger partial charge in [-0.1, -0.05) is 0 Å². The van der Waals surface area contributed by atoms with Crippen LogP contribution in [0.2, 0.25) is 0 Å². The standard InChI is InChI=1S/C12H22N2O4/c1-3-18-9(2)7-13-12(17)14-5-4-10(8-14)6-11(15)16/h9-10H,3-8H2,1-2H3,(H,13,17)(H,15,16). The van der Waals surface area contributed by atoms with Gasteiger partial charge in [-0.2, -0.15) is 0 Å². The molecule has 6 heteroatoms. The van der Waals surface area contributed by atoms with Gasteiger partial charge in [0.25, 0.3) is 0 Å². The Morgan fingerprint density at radius 2 is 2.28 bits per heavy atom. The highest BCUT2D eigenvalue weighted by Gasteiger charge is 2.27. The van der Waals surface area contributed by atoms with Crippen molar-refractivity contribution in [3.05, 3.63) is 0 Å². The van der Waals surface area contributed by atoms with Gasteiger partial charge in [0.1, 0.15) is 0 Å². The maximum atomic E-state index is 11.8. The van der Waals surface area contributed by atoms with Crippen LogP contribution < -0.4 is 5.32 Å². The maximum absolute atomic E-state index is 11.8. The fourth-order valence-electron chi connectivity index (χ4n) is 2.12. The van der Waals surface area contributed by atoms with E-state index in [-0.39, 0.29) is 24.5 Å². The fraction of sp³-hybridized carbons (Fsp3) is 0.833. The highest BCUT2D eigenvalue weighted by Crippen LogP contribution is 2.19. The van der Waals surface area contributed by atoms with E-state index in [1.807, 2.05) is 13.8 Å². The van der Waals surface area contributed by atoms with Gasteiger partial charge >= 0.3 is 12.0 Å². The summed E-state index contributed by atoms with van der Waals surface area (Å²) in [5.74, 6) is -0.718. The lowest BCUT2D eigenvalue weighted by atomic mass is 10.1. The van der Waals surface area contributed by atoms with Crippen LogP contribution in [0.25, 0.3) is 0 Å². The summed E-state index contributed by atoms with van der Waals surface area (Å²) in [7, 11) is 0. The van der Waals surface area contributed by atoms with Crippen molar-refractivity contribution in [3.8, 4) is 0 Å². The molecule has 1 aliphatic heterocycles. The number of hydrogen-bond donors (Lipinski definition) is 2. The molecule has 1 rings (SSSR count). The summed E-state index contributed by atoms with van der Waals surface area (Å²) in [4.78, 5) is 24.1. The fourth-order valence-corrected chi connectivity index (χ4v) is 2.12. The largest absolute Gasteiger partial charge is 0.481 e. The lowest BCUT2D eigenvalue weighted by Crippen LogP contribution is -2.41. The third-order valence-corrected chi connectivity index (χ3v) is 3.03. The lowest BCUT2D eigenvalue weighted by Gasteiger charge is -2.19. The number of hydrogen-bond acceptors (Lipinski definition) is 3. The molecule has 1 fully saturated rings. The molecule has 0 radical (unpaired) electrons. The smallest absolute Gasteiger partial charge is 0.317 e. The Hall–Kier alpha value is -1.30. The average molecular weight is 258 g/mol. The van der Waals surface area contributed by atoms with Crippen molar-refractivity contribution >= 4 is 12.0 Å². The van der Waals surface area contributed by atoms with Crippen LogP contribution in [0.5, 0.6) is 0 Å². The summed E-state index contributed by atoms with van der Waals surface area (Å²) in [6.07, 6.45) is 0.899. The van der Waals surface area contributed by atoms with Gasteiger partial charge in [0.05, 0.1) is 6.10 Å². The Balaban J connectivity index is 2.25. The third kappa shape index (κ3) is 4.91. The summed E-state index contributed by atoms with van der Waals surface area (Å²) in [5, 5.41) is 11.5. The molecule has 0 aromatic heterocycles. The maximum Gasteiger partial charge on any atom is 0.317 e. The lowest BCUT2D eigenvalue weighted by molar-refractivity contribution is -0.138. The number of aliphatic carboxylic acids is 1. The molecular formula is C12H22N2O4. The molecule has 2 amide bonds. The molecule has 0 aromatic carbocycles. The van der Waals surface area contributed by atoms with E-state index < -0.39 is 5.97 Å². The van der Waals surface area contributed by atoms with Crippen molar-refractivity contribution in [1.82, 2.24) is 10.2 Å². The van der Waals surface area contributed by atoms with Crippen molar-refractivity contribution in [2.75, 3.05) is 26.2 Å². The summed E-state index contributed by atoms with van der Waals surface area (Å²) >= 11 is 0. The molecule has 18 heavy (non-hydrogen) atoms. The Morgan fingerprint density at radius 1 is 1.56 bits per heavy atom. The van der Waals surface area contributed by atoms with Gasteiger partial charge < -0.3 is 20.1 Å². The van der Waals surface area contributed by atoms with Crippen molar-refractivity contribution in [1.29, 1.82) is 0 Å². The molecule has 0 spiro atoms.